The largest absolute Gasteiger partial charge is 0.452 e. The lowest BCUT2D eigenvalue weighted by molar-refractivity contribution is -0.385. The van der Waals surface area contributed by atoms with E-state index in [2.05, 4.69) is 0 Å². The number of amides is 1. The maximum absolute atomic E-state index is 12.7. The molecule has 0 radical (unpaired) electrons. The van der Waals surface area contributed by atoms with Gasteiger partial charge in [0.05, 0.1) is 4.92 Å². The lowest BCUT2D eigenvalue weighted by atomic mass is 10.0. The molecule has 0 unspecified atom stereocenters. The predicted molar refractivity (Wildman–Crippen MR) is 105 cm³/mol. The Labute approximate surface area is 168 Å². The molecular weight excluding hydrogens is 384 g/mol. The van der Waals surface area contributed by atoms with Crippen molar-refractivity contribution in [1.82, 2.24) is 4.90 Å². The van der Waals surface area contributed by atoms with E-state index in [4.69, 9.17) is 16.3 Å². The Morgan fingerprint density at radius 2 is 1.79 bits per heavy atom. The van der Waals surface area contributed by atoms with Crippen LogP contribution in [0, 0.1) is 10.1 Å². The number of carbonyl (C=O) groups is 2. The number of rotatable bonds is 6. The molecule has 0 heterocycles. The van der Waals surface area contributed by atoms with Crippen molar-refractivity contribution >= 4 is 29.2 Å². The first-order chi connectivity index (χ1) is 13.1. The number of nitro groups is 1. The third-order valence-electron chi connectivity index (χ3n) is 4.00. The van der Waals surface area contributed by atoms with Crippen molar-refractivity contribution in [3.05, 3.63) is 74.8 Å². The van der Waals surface area contributed by atoms with Crippen LogP contribution in [-0.4, -0.2) is 33.8 Å². The topological polar surface area (TPSA) is 89.8 Å². The van der Waals surface area contributed by atoms with Crippen LogP contribution in [0.2, 0.25) is 5.02 Å². The molecule has 7 nitrogen and oxygen atoms in total. The van der Waals surface area contributed by atoms with Gasteiger partial charge in [-0.2, -0.15) is 0 Å². The molecule has 0 saturated heterocycles. The lowest BCUT2D eigenvalue weighted by Gasteiger charge is -2.35. The summed E-state index contributed by atoms with van der Waals surface area (Å²) in [6.45, 7) is 5.43. The Balaban J connectivity index is 2.13. The van der Waals surface area contributed by atoms with E-state index in [1.165, 1.54) is 6.07 Å². The zero-order valence-corrected chi connectivity index (χ0v) is 16.6. The Morgan fingerprint density at radius 1 is 1.14 bits per heavy atom. The molecule has 0 aliphatic heterocycles. The van der Waals surface area contributed by atoms with Gasteiger partial charge in [-0.15, -0.1) is 0 Å². The average molecular weight is 405 g/mol. The fourth-order valence-electron chi connectivity index (χ4n) is 2.58. The zero-order valence-electron chi connectivity index (χ0n) is 15.8. The normalized spacial score (nSPS) is 11.0. The smallest absolute Gasteiger partial charge is 0.345 e. The van der Waals surface area contributed by atoms with Gasteiger partial charge in [0.25, 0.3) is 11.6 Å². The van der Waals surface area contributed by atoms with Crippen LogP contribution in [0.3, 0.4) is 0 Å². The second-order valence-corrected chi connectivity index (χ2v) is 7.57. The summed E-state index contributed by atoms with van der Waals surface area (Å²) in [5.74, 6) is -1.38. The summed E-state index contributed by atoms with van der Waals surface area (Å²) in [5, 5.41) is 11.3. The molecule has 1 amide bonds. The maximum Gasteiger partial charge on any atom is 0.345 e. The highest BCUT2D eigenvalue weighted by molar-refractivity contribution is 6.31. The van der Waals surface area contributed by atoms with Gasteiger partial charge in [0.1, 0.15) is 5.56 Å². The van der Waals surface area contributed by atoms with Gasteiger partial charge < -0.3 is 9.64 Å². The van der Waals surface area contributed by atoms with Crippen LogP contribution in [0.1, 0.15) is 36.7 Å². The molecule has 0 fully saturated rings. The predicted octanol–water partition coefficient (Wildman–Crippen LogP) is 4.23. The Kier molecular flexibility index (Phi) is 6.75. The second-order valence-electron chi connectivity index (χ2n) is 7.13. The first-order valence-electron chi connectivity index (χ1n) is 8.55. The van der Waals surface area contributed by atoms with Gasteiger partial charge in [-0.3, -0.25) is 14.9 Å². The van der Waals surface area contributed by atoms with Gasteiger partial charge in [-0.05, 0) is 38.5 Å². The summed E-state index contributed by atoms with van der Waals surface area (Å²) in [7, 11) is 0. The summed E-state index contributed by atoms with van der Waals surface area (Å²) < 4.78 is 5.06. The molecule has 2 aromatic rings. The van der Waals surface area contributed by atoms with Gasteiger partial charge in [0, 0.05) is 23.2 Å². The van der Waals surface area contributed by atoms with Crippen molar-refractivity contribution in [1.29, 1.82) is 0 Å². The van der Waals surface area contributed by atoms with Crippen LogP contribution >= 0.6 is 11.6 Å². The number of hydrogen-bond acceptors (Lipinski definition) is 5. The molecule has 0 aliphatic carbocycles. The van der Waals surface area contributed by atoms with Crippen LogP contribution in [0.15, 0.2) is 48.5 Å². The summed E-state index contributed by atoms with van der Waals surface area (Å²) in [6, 6.07) is 13.0. The second kappa shape index (κ2) is 8.84. The third-order valence-corrected chi connectivity index (χ3v) is 4.23. The van der Waals surface area contributed by atoms with Gasteiger partial charge in [0.15, 0.2) is 6.61 Å². The first-order valence-corrected chi connectivity index (χ1v) is 8.93. The Morgan fingerprint density at radius 3 is 2.36 bits per heavy atom. The summed E-state index contributed by atoms with van der Waals surface area (Å²) in [5.41, 5.74) is -0.307. The number of halogens is 1. The molecule has 0 aliphatic rings. The highest BCUT2D eigenvalue weighted by Gasteiger charge is 2.28. The van der Waals surface area contributed by atoms with Crippen molar-refractivity contribution in [2.75, 3.05) is 6.61 Å². The minimum atomic E-state index is -0.976. The molecular formula is C20H21ClN2O5. The standard InChI is InChI=1S/C20H21ClN2O5/c1-20(2,3)22(12-14-7-5-4-6-8-14)18(24)13-28-19(25)16-11-15(21)9-10-17(16)23(26)27/h4-11H,12-13H2,1-3H3. The van der Waals surface area contributed by atoms with Gasteiger partial charge in [-0.1, -0.05) is 41.9 Å². The lowest BCUT2D eigenvalue weighted by Crippen LogP contribution is -2.46. The average Bonchev–Trinajstić information content (AvgIpc) is 2.63. The van der Waals surface area contributed by atoms with Crippen LogP contribution < -0.4 is 0 Å². The van der Waals surface area contributed by atoms with E-state index in [1.54, 1.807) is 4.90 Å². The number of nitrogens with zero attached hydrogens (tertiary/aromatic N) is 2. The number of nitro benzene ring substituents is 1. The minimum absolute atomic E-state index is 0.157. The quantitative estimate of drug-likeness (QED) is 0.408. The number of hydrogen-bond donors (Lipinski definition) is 0. The van der Waals surface area contributed by atoms with Gasteiger partial charge in [-0.25, -0.2) is 4.79 Å². The zero-order chi connectivity index (χ0) is 20.9. The Hall–Kier alpha value is -2.93. The molecule has 148 valence electrons. The molecule has 0 bridgehead atoms. The Bertz CT molecular complexity index is 878. The molecule has 0 aromatic heterocycles. The van der Waals surface area contributed by atoms with Crippen LogP contribution in [0.5, 0.6) is 0 Å². The third kappa shape index (κ3) is 5.53. The summed E-state index contributed by atoms with van der Waals surface area (Å²) in [4.78, 5) is 37.0. The molecule has 0 N–H and O–H groups in total. The SMILES string of the molecule is CC(C)(C)N(Cc1ccccc1)C(=O)COC(=O)c1cc(Cl)ccc1[N+](=O)[O-]. The molecule has 0 atom stereocenters. The molecule has 0 spiro atoms. The number of ether oxygens (including phenoxy) is 1. The van der Waals surface area contributed by atoms with Crippen molar-refractivity contribution in [3.8, 4) is 0 Å². The van der Waals surface area contributed by atoms with Crippen LogP contribution in [0.25, 0.3) is 0 Å². The van der Waals surface area contributed by atoms with Crippen molar-refractivity contribution in [3.63, 3.8) is 0 Å². The van der Waals surface area contributed by atoms with E-state index < -0.39 is 34.6 Å². The van der Waals surface area contributed by atoms with Gasteiger partial charge in [0.2, 0.25) is 0 Å². The van der Waals surface area contributed by atoms with E-state index in [0.29, 0.717) is 6.54 Å². The minimum Gasteiger partial charge on any atom is -0.452 e. The molecule has 28 heavy (non-hydrogen) atoms. The fraction of sp³-hybridized carbons (Fsp3) is 0.300. The van der Waals surface area contributed by atoms with E-state index >= 15 is 0 Å². The first kappa shape index (κ1) is 21.4. The number of esters is 1. The van der Waals surface area contributed by atoms with E-state index in [9.17, 15) is 19.7 Å². The molecule has 0 saturated carbocycles. The van der Waals surface area contributed by atoms with Crippen molar-refractivity contribution < 1.29 is 19.2 Å². The van der Waals surface area contributed by atoms with Crippen molar-refractivity contribution in [2.24, 2.45) is 0 Å². The number of carbonyl (C=O) groups excluding carboxylic acids is 2. The highest BCUT2D eigenvalue weighted by atomic mass is 35.5. The van der Waals surface area contributed by atoms with Crippen LogP contribution in [-0.2, 0) is 16.1 Å². The highest BCUT2D eigenvalue weighted by Crippen LogP contribution is 2.24. The fourth-order valence-corrected chi connectivity index (χ4v) is 2.75. The monoisotopic (exact) mass is 404 g/mol. The van der Waals surface area contributed by atoms with E-state index in [-0.39, 0.29) is 10.6 Å². The van der Waals surface area contributed by atoms with E-state index in [0.717, 1.165) is 17.7 Å². The maximum atomic E-state index is 12.7. The molecule has 2 rings (SSSR count). The van der Waals surface area contributed by atoms with Crippen molar-refractivity contribution in [2.45, 2.75) is 32.9 Å². The van der Waals surface area contributed by atoms with Gasteiger partial charge >= 0.3 is 5.97 Å². The molecule has 8 heteroatoms. The molecule has 2 aromatic carbocycles. The summed E-state index contributed by atoms with van der Waals surface area (Å²) >= 11 is 5.82. The number of benzene rings is 2. The van der Waals surface area contributed by atoms with E-state index in [1.807, 2.05) is 51.1 Å². The van der Waals surface area contributed by atoms with Crippen LogP contribution in [0.4, 0.5) is 5.69 Å². The summed E-state index contributed by atoms with van der Waals surface area (Å²) in [6.07, 6.45) is 0.